The number of carboxylic acids is 2. The van der Waals surface area contributed by atoms with E-state index in [1.165, 1.54) is 19.9 Å². The van der Waals surface area contributed by atoms with Gasteiger partial charge in [-0.25, -0.2) is 9.59 Å². The van der Waals surface area contributed by atoms with Gasteiger partial charge in [0, 0.05) is 11.5 Å². The van der Waals surface area contributed by atoms with Crippen LogP contribution in [0.1, 0.15) is 31.8 Å². The summed E-state index contributed by atoms with van der Waals surface area (Å²) >= 11 is 0. The Balaban J connectivity index is 2.63. The highest BCUT2D eigenvalue weighted by atomic mass is 16.4. The Bertz CT molecular complexity index is 1010. The molecule has 0 saturated carbocycles. The van der Waals surface area contributed by atoms with Crippen LogP contribution in [0.4, 0.5) is 0 Å². The quantitative estimate of drug-likeness (QED) is 0.572. The van der Waals surface area contributed by atoms with Crippen molar-refractivity contribution in [1.29, 1.82) is 0 Å². The molecule has 0 radical (unpaired) electrons. The van der Waals surface area contributed by atoms with E-state index < -0.39 is 17.7 Å². The molecule has 0 amide bonds. The van der Waals surface area contributed by atoms with Gasteiger partial charge in [0.25, 0.3) is 0 Å². The highest BCUT2D eigenvalue weighted by Gasteiger charge is 2.25. The Morgan fingerprint density at radius 1 is 0.913 bits per heavy atom. The van der Waals surface area contributed by atoms with Crippen molar-refractivity contribution in [2.75, 3.05) is 0 Å². The molecule has 7 nitrogen and oxygen atoms in total. The number of hydrogen-bond acceptors (Lipinski definition) is 5. The van der Waals surface area contributed by atoms with Crippen LogP contribution in [0.5, 0.6) is 11.5 Å². The maximum atomic E-state index is 11.5. The lowest BCUT2D eigenvalue weighted by atomic mass is 9.98. The summed E-state index contributed by atoms with van der Waals surface area (Å²) in [6.07, 6.45) is 0. The van der Waals surface area contributed by atoms with Gasteiger partial charge < -0.3 is 24.8 Å². The zero-order valence-electron chi connectivity index (χ0n) is 12.2. The number of carbonyl (C=O) groups is 2. The third-order valence-corrected chi connectivity index (χ3v) is 3.87. The molecule has 3 rings (SSSR count). The third kappa shape index (κ3) is 1.90. The van der Waals surface area contributed by atoms with Gasteiger partial charge in [0.15, 0.2) is 5.58 Å². The van der Waals surface area contributed by atoms with Crippen molar-refractivity contribution in [2.24, 2.45) is 0 Å². The standard InChI is InChI=1S/C16H12O7/c1-5-3-7(17)13-12-6(2)11(16(21)22)8(18)4-9(12)23-14(13)10(5)15(19)20/h3-4,17-18H,1-2H3,(H,19,20)(H,21,22). The first-order chi connectivity index (χ1) is 10.7. The molecule has 3 aromatic rings. The van der Waals surface area contributed by atoms with Gasteiger partial charge in [-0.1, -0.05) is 0 Å². The van der Waals surface area contributed by atoms with Gasteiger partial charge in [0.05, 0.1) is 5.39 Å². The molecular weight excluding hydrogens is 304 g/mol. The number of furan rings is 1. The van der Waals surface area contributed by atoms with Crippen LogP contribution in [0, 0.1) is 13.8 Å². The molecule has 0 fully saturated rings. The second kappa shape index (κ2) is 4.64. The Morgan fingerprint density at radius 2 is 1.52 bits per heavy atom. The van der Waals surface area contributed by atoms with Gasteiger partial charge in [0.1, 0.15) is 28.2 Å². The van der Waals surface area contributed by atoms with Crippen molar-refractivity contribution in [3.05, 3.63) is 34.4 Å². The summed E-state index contributed by atoms with van der Waals surface area (Å²) < 4.78 is 5.51. The monoisotopic (exact) mass is 316 g/mol. The van der Waals surface area contributed by atoms with Crippen LogP contribution < -0.4 is 0 Å². The van der Waals surface area contributed by atoms with Crippen molar-refractivity contribution in [2.45, 2.75) is 13.8 Å². The smallest absolute Gasteiger partial charge is 0.339 e. The third-order valence-electron chi connectivity index (χ3n) is 3.87. The van der Waals surface area contributed by atoms with Crippen LogP contribution in [0.25, 0.3) is 21.9 Å². The minimum Gasteiger partial charge on any atom is -0.507 e. The van der Waals surface area contributed by atoms with Crippen LogP contribution in [0.2, 0.25) is 0 Å². The minimum atomic E-state index is -1.33. The topological polar surface area (TPSA) is 128 Å². The van der Waals surface area contributed by atoms with Gasteiger partial charge in [0.2, 0.25) is 0 Å². The summed E-state index contributed by atoms with van der Waals surface area (Å²) in [7, 11) is 0. The van der Waals surface area contributed by atoms with E-state index in [0.717, 1.165) is 6.07 Å². The van der Waals surface area contributed by atoms with Crippen molar-refractivity contribution in [1.82, 2.24) is 0 Å². The predicted molar refractivity (Wildman–Crippen MR) is 80.4 cm³/mol. The highest BCUT2D eigenvalue weighted by molar-refractivity contribution is 6.17. The van der Waals surface area contributed by atoms with Gasteiger partial charge >= 0.3 is 11.9 Å². The molecule has 0 bridgehead atoms. The molecule has 118 valence electrons. The summed E-state index contributed by atoms with van der Waals surface area (Å²) in [5.74, 6) is -3.27. The van der Waals surface area contributed by atoms with E-state index in [9.17, 15) is 30.0 Å². The van der Waals surface area contributed by atoms with Crippen molar-refractivity contribution >= 4 is 33.9 Å². The molecule has 0 aliphatic rings. The van der Waals surface area contributed by atoms with E-state index in [0.29, 0.717) is 5.56 Å². The number of aromatic carboxylic acids is 2. The number of rotatable bonds is 2. The average molecular weight is 316 g/mol. The fraction of sp³-hybridized carbons (Fsp3) is 0.125. The first kappa shape index (κ1) is 14.7. The maximum Gasteiger partial charge on any atom is 0.339 e. The van der Waals surface area contributed by atoms with Gasteiger partial charge in [-0.3, -0.25) is 0 Å². The number of phenolic OH excluding ortho intramolecular Hbond substituents is 1. The van der Waals surface area contributed by atoms with E-state index in [2.05, 4.69) is 0 Å². The number of carboxylic acid groups (broad SMARTS) is 2. The SMILES string of the molecule is Cc1cc(O)c2c(oc3cc(O)c(C(=O)O)c(C)c32)c1C(=O)O. The lowest BCUT2D eigenvalue weighted by molar-refractivity contribution is 0.0683. The molecule has 0 saturated heterocycles. The predicted octanol–water partition coefficient (Wildman–Crippen LogP) is 3.01. The molecule has 2 aromatic carbocycles. The van der Waals surface area contributed by atoms with Crippen molar-refractivity contribution in [3.8, 4) is 11.5 Å². The molecular formula is C16H12O7. The van der Waals surface area contributed by atoms with Crippen LogP contribution in [0.15, 0.2) is 16.5 Å². The van der Waals surface area contributed by atoms with E-state index in [-0.39, 0.29) is 44.4 Å². The van der Waals surface area contributed by atoms with E-state index >= 15 is 0 Å². The number of fused-ring (bicyclic) bond motifs is 3. The Labute approximate surface area is 129 Å². The zero-order chi connectivity index (χ0) is 17.0. The van der Waals surface area contributed by atoms with E-state index in [4.69, 9.17) is 4.42 Å². The van der Waals surface area contributed by atoms with Crippen LogP contribution in [-0.4, -0.2) is 32.4 Å². The number of hydrogen-bond donors (Lipinski definition) is 4. The van der Waals surface area contributed by atoms with Gasteiger partial charge in [-0.2, -0.15) is 0 Å². The normalized spacial score (nSPS) is 11.2. The number of aromatic hydroxyl groups is 2. The second-order valence-electron chi connectivity index (χ2n) is 5.27. The molecule has 0 spiro atoms. The summed E-state index contributed by atoms with van der Waals surface area (Å²) in [6.45, 7) is 2.98. The fourth-order valence-electron chi connectivity index (χ4n) is 2.92. The van der Waals surface area contributed by atoms with Crippen LogP contribution in [-0.2, 0) is 0 Å². The molecule has 1 heterocycles. The Kier molecular flexibility index (Phi) is 2.97. The number of phenols is 2. The minimum absolute atomic E-state index is 0.0601. The molecule has 0 atom stereocenters. The lowest BCUT2D eigenvalue weighted by Gasteiger charge is -2.06. The molecule has 4 N–H and O–H groups in total. The van der Waals surface area contributed by atoms with Crippen LogP contribution >= 0.6 is 0 Å². The molecule has 0 unspecified atom stereocenters. The van der Waals surface area contributed by atoms with Gasteiger partial charge in [-0.05, 0) is 31.0 Å². The average Bonchev–Trinajstić information content (AvgIpc) is 2.76. The maximum absolute atomic E-state index is 11.5. The summed E-state index contributed by atoms with van der Waals surface area (Å²) in [6, 6.07) is 2.39. The molecule has 0 aliphatic carbocycles. The second-order valence-corrected chi connectivity index (χ2v) is 5.27. The largest absolute Gasteiger partial charge is 0.507 e. The molecule has 1 aromatic heterocycles. The highest BCUT2D eigenvalue weighted by Crippen LogP contribution is 2.42. The Morgan fingerprint density at radius 3 is 2.09 bits per heavy atom. The van der Waals surface area contributed by atoms with E-state index in [1.54, 1.807) is 0 Å². The van der Waals surface area contributed by atoms with Crippen molar-refractivity contribution in [3.63, 3.8) is 0 Å². The molecule has 23 heavy (non-hydrogen) atoms. The zero-order valence-corrected chi connectivity index (χ0v) is 12.2. The number of benzene rings is 2. The first-order valence-corrected chi connectivity index (χ1v) is 6.62. The van der Waals surface area contributed by atoms with Crippen molar-refractivity contribution < 1.29 is 34.4 Å². The number of aryl methyl sites for hydroxylation is 2. The fourth-order valence-corrected chi connectivity index (χ4v) is 2.92. The van der Waals surface area contributed by atoms with Crippen LogP contribution in [0.3, 0.4) is 0 Å². The van der Waals surface area contributed by atoms with Gasteiger partial charge in [-0.15, -0.1) is 0 Å². The van der Waals surface area contributed by atoms with E-state index in [1.807, 2.05) is 0 Å². The Hall–Kier alpha value is -3.22. The summed E-state index contributed by atoms with van der Waals surface area (Å²) in [5.41, 5.74) is 0.0869. The first-order valence-electron chi connectivity index (χ1n) is 6.62. The molecule has 7 heteroatoms. The lowest BCUT2D eigenvalue weighted by Crippen LogP contribution is -2.01. The summed E-state index contributed by atoms with van der Waals surface area (Å²) in [4.78, 5) is 22.8. The summed E-state index contributed by atoms with van der Waals surface area (Å²) in [5, 5.41) is 39.0. The molecule has 0 aliphatic heterocycles.